The second-order valence-corrected chi connectivity index (χ2v) is 5.26. The minimum absolute atomic E-state index is 0.180. The lowest BCUT2D eigenvalue weighted by Crippen LogP contribution is -2.19. The Balaban J connectivity index is 2.03. The molecule has 2 rings (SSSR count). The Kier molecular flexibility index (Phi) is 5.62. The molecule has 0 saturated carbocycles. The lowest BCUT2D eigenvalue weighted by Gasteiger charge is -2.18. The van der Waals surface area contributed by atoms with E-state index in [-0.39, 0.29) is 11.4 Å². The minimum Gasteiger partial charge on any atom is -0.373 e. The highest BCUT2D eigenvalue weighted by Crippen LogP contribution is 2.15. The number of hydrogen-bond donors (Lipinski definition) is 1. The zero-order chi connectivity index (χ0) is 16.8. The molecule has 0 aliphatic carbocycles. The van der Waals surface area contributed by atoms with E-state index < -0.39 is 17.5 Å². The van der Waals surface area contributed by atoms with E-state index >= 15 is 0 Å². The molecular formula is C17H19F2N3O. The van der Waals surface area contributed by atoms with Crippen LogP contribution >= 0.6 is 0 Å². The van der Waals surface area contributed by atoms with Crippen LogP contribution in [0.5, 0.6) is 0 Å². The molecule has 1 amide bonds. The molecule has 0 fully saturated rings. The van der Waals surface area contributed by atoms with Crippen molar-refractivity contribution < 1.29 is 13.6 Å². The number of anilines is 2. The summed E-state index contributed by atoms with van der Waals surface area (Å²) in [5.41, 5.74) is 1.31. The summed E-state index contributed by atoms with van der Waals surface area (Å²) >= 11 is 0. The molecule has 0 atom stereocenters. The maximum atomic E-state index is 13.1. The summed E-state index contributed by atoms with van der Waals surface area (Å²) in [6.07, 6.45) is 3.80. The van der Waals surface area contributed by atoms with Crippen LogP contribution in [0.1, 0.15) is 30.3 Å². The largest absolute Gasteiger partial charge is 0.373 e. The first-order chi connectivity index (χ1) is 11.0. The fraction of sp³-hybridized carbons (Fsp3) is 0.294. The molecule has 0 aliphatic heterocycles. The molecule has 23 heavy (non-hydrogen) atoms. The topological polar surface area (TPSA) is 45.2 Å². The van der Waals surface area contributed by atoms with E-state index in [0.717, 1.165) is 37.2 Å². The smallest absolute Gasteiger partial charge is 0.274 e. The van der Waals surface area contributed by atoms with Crippen LogP contribution in [0, 0.1) is 11.6 Å². The molecule has 6 heteroatoms. The Morgan fingerprint density at radius 1 is 1.22 bits per heavy atom. The van der Waals surface area contributed by atoms with Gasteiger partial charge < -0.3 is 10.2 Å². The van der Waals surface area contributed by atoms with Crippen LogP contribution in [-0.2, 0) is 0 Å². The second-order valence-electron chi connectivity index (χ2n) is 5.26. The summed E-state index contributed by atoms with van der Waals surface area (Å²) in [5, 5.41) is 2.49. The Bertz CT molecular complexity index is 674. The minimum atomic E-state index is -1.01. The molecule has 4 nitrogen and oxygen atoms in total. The summed E-state index contributed by atoms with van der Waals surface area (Å²) in [4.78, 5) is 18.2. The molecule has 0 spiro atoms. The molecule has 0 bridgehead atoms. The van der Waals surface area contributed by atoms with E-state index in [1.807, 2.05) is 13.1 Å². The third-order valence-corrected chi connectivity index (χ3v) is 3.45. The molecule has 0 saturated heterocycles. The van der Waals surface area contributed by atoms with Gasteiger partial charge in [-0.2, -0.15) is 0 Å². The molecule has 1 aromatic carbocycles. The predicted octanol–water partition coefficient (Wildman–Crippen LogP) is 3.85. The number of pyridine rings is 1. The highest BCUT2D eigenvalue weighted by Gasteiger charge is 2.10. The second kappa shape index (κ2) is 7.67. The fourth-order valence-electron chi connectivity index (χ4n) is 2.04. The van der Waals surface area contributed by atoms with Gasteiger partial charge in [-0.05, 0) is 30.7 Å². The summed E-state index contributed by atoms with van der Waals surface area (Å²) in [6, 6.07) is 6.60. The number of aromatic nitrogens is 1. The van der Waals surface area contributed by atoms with E-state index in [0.29, 0.717) is 0 Å². The molecule has 1 heterocycles. The van der Waals surface area contributed by atoms with Gasteiger partial charge in [0.2, 0.25) is 0 Å². The average Bonchev–Trinajstić information content (AvgIpc) is 2.56. The third-order valence-electron chi connectivity index (χ3n) is 3.45. The van der Waals surface area contributed by atoms with Gasteiger partial charge >= 0.3 is 0 Å². The number of hydrogen-bond acceptors (Lipinski definition) is 3. The Morgan fingerprint density at radius 3 is 2.61 bits per heavy atom. The molecular weight excluding hydrogens is 300 g/mol. The molecule has 0 radical (unpaired) electrons. The van der Waals surface area contributed by atoms with E-state index in [2.05, 4.69) is 22.1 Å². The highest BCUT2D eigenvalue weighted by atomic mass is 19.2. The number of unbranched alkanes of at least 4 members (excludes halogenated alkanes) is 1. The van der Waals surface area contributed by atoms with Crippen molar-refractivity contribution in [3.05, 3.63) is 53.9 Å². The fourth-order valence-corrected chi connectivity index (χ4v) is 2.04. The van der Waals surface area contributed by atoms with Gasteiger partial charge in [-0.3, -0.25) is 4.79 Å². The van der Waals surface area contributed by atoms with Crippen molar-refractivity contribution in [2.45, 2.75) is 19.8 Å². The zero-order valence-electron chi connectivity index (χ0n) is 13.1. The van der Waals surface area contributed by atoms with Crippen molar-refractivity contribution >= 4 is 17.3 Å². The van der Waals surface area contributed by atoms with Crippen molar-refractivity contribution in [1.29, 1.82) is 0 Å². The standard InChI is InChI=1S/C17H19F2N3O/c1-3-4-9-22(2)13-6-8-16(20-11-13)17(23)21-12-5-7-14(18)15(19)10-12/h5-8,10-11H,3-4,9H2,1-2H3,(H,21,23). The van der Waals surface area contributed by atoms with Gasteiger partial charge in [-0.1, -0.05) is 13.3 Å². The number of rotatable bonds is 6. The number of nitrogens with one attached hydrogen (secondary N) is 1. The van der Waals surface area contributed by atoms with Gasteiger partial charge in [0.1, 0.15) is 5.69 Å². The van der Waals surface area contributed by atoms with Crippen LogP contribution in [0.4, 0.5) is 20.2 Å². The summed E-state index contributed by atoms with van der Waals surface area (Å²) < 4.78 is 26.0. The van der Waals surface area contributed by atoms with E-state index in [9.17, 15) is 13.6 Å². The summed E-state index contributed by atoms with van der Waals surface area (Å²) in [7, 11) is 1.97. The third kappa shape index (κ3) is 4.48. The molecule has 0 aliphatic rings. The molecule has 0 unspecified atom stereocenters. The SMILES string of the molecule is CCCCN(C)c1ccc(C(=O)Nc2ccc(F)c(F)c2)nc1. The van der Waals surface area contributed by atoms with E-state index in [1.54, 1.807) is 12.3 Å². The van der Waals surface area contributed by atoms with Crippen LogP contribution < -0.4 is 10.2 Å². The Hall–Kier alpha value is -2.50. The van der Waals surface area contributed by atoms with E-state index in [1.165, 1.54) is 6.07 Å². The number of nitrogens with zero attached hydrogens (tertiary/aromatic N) is 2. The maximum absolute atomic E-state index is 13.1. The molecule has 1 N–H and O–H groups in total. The highest BCUT2D eigenvalue weighted by molar-refractivity contribution is 6.02. The van der Waals surface area contributed by atoms with Crippen molar-refractivity contribution in [2.24, 2.45) is 0 Å². The van der Waals surface area contributed by atoms with Gasteiger partial charge in [-0.15, -0.1) is 0 Å². The zero-order valence-corrected chi connectivity index (χ0v) is 13.1. The van der Waals surface area contributed by atoms with Crippen molar-refractivity contribution in [2.75, 3.05) is 23.8 Å². The van der Waals surface area contributed by atoms with Gasteiger partial charge in [-0.25, -0.2) is 13.8 Å². The van der Waals surface area contributed by atoms with E-state index in [4.69, 9.17) is 0 Å². The normalized spacial score (nSPS) is 10.4. The molecule has 2 aromatic rings. The average molecular weight is 319 g/mol. The van der Waals surface area contributed by atoms with Crippen LogP contribution in [0.2, 0.25) is 0 Å². The first kappa shape index (κ1) is 16.9. The molecule has 122 valence electrons. The van der Waals surface area contributed by atoms with Gasteiger partial charge in [0.05, 0.1) is 11.9 Å². The number of halogens is 2. The van der Waals surface area contributed by atoms with Crippen molar-refractivity contribution in [3.63, 3.8) is 0 Å². The lowest BCUT2D eigenvalue weighted by molar-refractivity contribution is 0.102. The van der Waals surface area contributed by atoms with Crippen LogP contribution in [0.15, 0.2) is 36.5 Å². The quantitative estimate of drug-likeness (QED) is 0.879. The number of benzene rings is 1. The summed E-state index contributed by atoms with van der Waals surface area (Å²) in [6.45, 7) is 3.04. The first-order valence-corrected chi connectivity index (χ1v) is 7.45. The number of amides is 1. The number of carbonyl (C=O) groups is 1. The predicted molar refractivity (Wildman–Crippen MR) is 86.7 cm³/mol. The monoisotopic (exact) mass is 319 g/mol. The lowest BCUT2D eigenvalue weighted by atomic mass is 10.2. The maximum Gasteiger partial charge on any atom is 0.274 e. The van der Waals surface area contributed by atoms with Crippen LogP contribution in [-0.4, -0.2) is 24.5 Å². The van der Waals surface area contributed by atoms with Crippen LogP contribution in [0.3, 0.4) is 0 Å². The summed E-state index contributed by atoms with van der Waals surface area (Å²) in [5.74, 6) is -2.44. The van der Waals surface area contributed by atoms with Gasteiger partial charge in [0.15, 0.2) is 11.6 Å². The van der Waals surface area contributed by atoms with Crippen LogP contribution in [0.25, 0.3) is 0 Å². The van der Waals surface area contributed by atoms with Crippen molar-refractivity contribution in [1.82, 2.24) is 4.98 Å². The van der Waals surface area contributed by atoms with Crippen molar-refractivity contribution in [3.8, 4) is 0 Å². The van der Waals surface area contributed by atoms with Gasteiger partial charge in [0, 0.05) is 25.3 Å². The molecule has 1 aromatic heterocycles. The number of carbonyl (C=O) groups excluding carboxylic acids is 1. The Morgan fingerprint density at radius 2 is 2.00 bits per heavy atom. The Labute approximate surface area is 134 Å². The van der Waals surface area contributed by atoms with Gasteiger partial charge in [0.25, 0.3) is 5.91 Å². The first-order valence-electron chi connectivity index (χ1n) is 7.45.